The average Bonchev–Trinajstić information content (AvgIpc) is 2.62. The minimum Gasteiger partial charge on any atom is -0.506 e. The van der Waals surface area contributed by atoms with E-state index in [0.717, 1.165) is 13.1 Å². The lowest BCUT2D eigenvalue weighted by Gasteiger charge is -2.27. The summed E-state index contributed by atoms with van der Waals surface area (Å²) in [6.07, 6.45) is 1.56. The maximum Gasteiger partial charge on any atom is 0.268 e. The molecule has 0 bridgehead atoms. The Morgan fingerprint density at radius 1 is 1.41 bits per heavy atom. The molecule has 1 aliphatic rings. The largest absolute Gasteiger partial charge is 0.506 e. The number of nitrogens with one attached hydrogen (secondary N) is 1. The normalized spacial score (nSPS) is 15.0. The van der Waals surface area contributed by atoms with E-state index in [-0.39, 0.29) is 11.3 Å². The van der Waals surface area contributed by atoms with Gasteiger partial charge in [0.1, 0.15) is 17.0 Å². The van der Waals surface area contributed by atoms with E-state index in [2.05, 4.69) is 37.7 Å². The summed E-state index contributed by atoms with van der Waals surface area (Å²) in [5.41, 5.74) is -0.179. The van der Waals surface area contributed by atoms with E-state index >= 15 is 0 Å². The number of morpholine rings is 1. The van der Waals surface area contributed by atoms with E-state index < -0.39 is 11.5 Å². The predicted octanol–water partition coefficient (Wildman–Crippen LogP) is 1.46. The van der Waals surface area contributed by atoms with E-state index in [1.165, 1.54) is 4.57 Å². The fraction of sp³-hybridized carbons (Fsp3) is 0.389. The number of halogens is 1. The number of nitrogens with zero attached hydrogens (tertiary/aromatic N) is 3. The molecule has 0 radical (unpaired) electrons. The summed E-state index contributed by atoms with van der Waals surface area (Å²) >= 11 is 3.32. The van der Waals surface area contributed by atoms with Gasteiger partial charge in [-0.1, -0.05) is 6.58 Å². The molecule has 1 amide bonds. The molecule has 27 heavy (non-hydrogen) atoms. The monoisotopic (exact) mass is 436 g/mol. The molecule has 144 valence electrons. The third kappa shape index (κ3) is 4.20. The minimum absolute atomic E-state index is 0.313. The van der Waals surface area contributed by atoms with E-state index in [4.69, 9.17) is 4.74 Å². The van der Waals surface area contributed by atoms with Gasteiger partial charge in [-0.05, 0) is 28.9 Å². The van der Waals surface area contributed by atoms with Crippen molar-refractivity contribution in [1.82, 2.24) is 19.8 Å². The van der Waals surface area contributed by atoms with Gasteiger partial charge in [-0.2, -0.15) is 0 Å². The zero-order valence-electron chi connectivity index (χ0n) is 15.0. The summed E-state index contributed by atoms with van der Waals surface area (Å²) in [5, 5.41) is 13.4. The van der Waals surface area contributed by atoms with Gasteiger partial charge in [0.15, 0.2) is 0 Å². The van der Waals surface area contributed by atoms with Gasteiger partial charge in [-0.25, -0.2) is 4.98 Å². The first-order valence-corrected chi connectivity index (χ1v) is 9.35. The number of carbonyl (C=O) groups excluding carboxylic acids is 1. The van der Waals surface area contributed by atoms with Crippen LogP contribution in [0, 0.1) is 0 Å². The highest BCUT2D eigenvalue weighted by Gasteiger charge is 2.23. The number of allylic oxidation sites excluding steroid dienone is 1. The summed E-state index contributed by atoms with van der Waals surface area (Å²) in [6, 6.07) is 1.64. The summed E-state index contributed by atoms with van der Waals surface area (Å²) in [7, 11) is 0. The lowest BCUT2D eigenvalue weighted by Crippen LogP contribution is -2.40. The van der Waals surface area contributed by atoms with Crippen molar-refractivity contribution in [2.45, 2.75) is 13.5 Å². The summed E-state index contributed by atoms with van der Waals surface area (Å²) < 4.78 is 7.41. The third-order valence-corrected chi connectivity index (χ3v) is 4.77. The Bertz CT molecular complexity index is 951. The molecule has 3 rings (SSSR count). The second kappa shape index (κ2) is 8.20. The first kappa shape index (κ1) is 19.5. The van der Waals surface area contributed by atoms with Crippen LogP contribution < -0.4 is 10.9 Å². The minimum atomic E-state index is -0.688. The van der Waals surface area contributed by atoms with E-state index in [1.807, 2.05) is 0 Å². The topological polar surface area (TPSA) is 96.7 Å². The highest BCUT2D eigenvalue weighted by Crippen LogP contribution is 2.27. The number of hydrogen-bond acceptors (Lipinski definition) is 6. The first-order valence-electron chi connectivity index (χ1n) is 8.56. The van der Waals surface area contributed by atoms with Gasteiger partial charge < -0.3 is 15.2 Å². The van der Waals surface area contributed by atoms with E-state index in [1.54, 1.807) is 19.2 Å². The summed E-state index contributed by atoms with van der Waals surface area (Å²) in [6.45, 7) is 9.06. The fourth-order valence-electron chi connectivity index (χ4n) is 3.02. The molecule has 0 saturated carbocycles. The molecule has 0 aliphatic carbocycles. The Labute approximate surface area is 164 Å². The molecule has 1 saturated heterocycles. The van der Waals surface area contributed by atoms with Crippen LogP contribution in [0.5, 0.6) is 5.75 Å². The maximum atomic E-state index is 13.0. The Kier molecular flexibility index (Phi) is 5.93. The van der Waals surface area contributed by atoms with Crippen molar-refractivity contribution in [2.75, 3.05) is 32.8 Å². The van der Waals surface area contributed by atoms with Crippen LogP contribution in [-0.2, 0) is 11.3 Å². The van der Waals surface area contributed by atoms with Crippen LogP contribution in [0.25, 0.3) is 11.0 Å². The fourth-order valence-corrected chi connectivity index (χ4v) is 3.35. The zero-order chi connectivity index (χ0) is 19.6. The number of carbonyl (C=O) groups is 1. The smallest absolute Gasteiger partial charge is 0.268 e. The molecule has 1 fully saturated rings. The summed E-state index contributed by atoms with van der Waals surface area (Å²) in [5.74, 6) is -1.07. The van der Waals surface area contributed by atoms with Crippen LogP contribution in [0.15, 0.2) is 33.8 Å². The number of rotatable bonds is 5. The quantitative estimate of drug-likeness (QED) is 0.736. The molecule has 3 heterocycles. The molecule has 0 atom stereocenters. The van der Waals surface area contributed by atoms with Crippen molar-refractivity contribution < 1.29 is 14.6 Å². The van der Waals surface area contributed by atoms with Crippen LogP contribution in [0.4, 0.5) is 0 Å². The van der Waals surface area contributed by atoms with E-state index in [9.17, 15) is 14.7 Å². The highest BCUT2D eigenvalue weighted by atomic mass is 79.9. The van der Waals surface area contributed by atoms with E-state index in [0.29, 0.717) is 47.5 Å². The molecule has 0 unspecified atom stereocenters. The van der Waals surface area contributed by atoms with Gasteiger partial charge in [0.05, 0.1) is 18.6 Å². The number of fused-ring (bicyclic) bond motifs is 1. The van der Waals surface area contributed by atoms with Crippen LogP contribution in [0.1, 0.15) is 17.3 Å². The van der Waals surface area contributed by atoms with Gasteiger partial charge in [-0.3, -0.25) is 19.1 Å². The zero-order valence-corrected chi connectivity index (χ0v) is 16.6. The molecule has 2 N–H and O–H groups in total. The molecule has 8 nitrogen and oxygen atoms in total. The van der Waals surface area contributed by atoms with Gasteiger partial charge in [0, 0.05) is 42.5 Å². The van der Waals surface area contributed by atoms with Gasteiger partial charge in [0.25, 0.3) is 11.5 Å². The van der Waals surface area contributed by atoms with Gasteiger partial charge in [-0.15, -0.1) is 0 Å². The summed E-state index contributed by atoms with van der Waals surface area (Å²) in [4.78, 5) is 32.0. The second-order valence-corrected chi connectivity index (χ2v) is 7.31. The number of aromatic hydroxyl groups is 1. The Morgan fingerprint density at radius 2 is 2.11 bits per heavy atom. The SMILES string of the molecule is C=C(C)NC(=O)c1c(O)c2cc(Br)cnc2n(CCN2CCOCC2)c1=O. The van der Waals surface area contributed by atoms with Crippen molar-refractivity contribution >= 4 is 32.9 Å². The molecule has 0 aromatic carbocycles. The standard InChI is InChI=1S/C18H21BrN4O4/c1-11(2)21-17(25)14-15(24)13-9-12(19)10-20-16(13)23(18(14)26)4-3-22-5-7-27-8-6-22/h9-10,24H,1,3-8H2,2H3,(H,21,25). The van der Waals surface area contributed by atoms with Crippen molar-refractivity contribution in [3.05, 3.63) is 44.9 Å². The second-order valence-electron chi connectivity index (χ2n) is 6.39. The van der Waals surface area contributed by atoms with Crippen molar-refractivity contribution in [1.29, 1.82) is 0 Å². The first-order chi connectivity index (χ1) is 12.9. The molecular formula is C18H21BrN4O4. The maximum absolute atomic E-state index is 13.0. The number of aromatic nitrogens is 2. The number of pyridine rings is 2. The molecular weight excluding hydrogens is 416 g/mol. The molecule has 9 heteroatoms. The number of ether oxygens (including phenoxy) is 1. The average molecular weight is 437 g/mol. The Morgan fingerprint density at radius 3 is 2.78 bits per heavy atom. The number of hydrogen-bond donors (Lipinski definition) is 2. The third-order valence-electron chi connectivity index (χ3n) is 4.34. The Hall–Kier alpha value is -2.23. The van der Waals surface area contributed by atoms with Gasteiger partial charge >= 0.3 is 0 Å². The van der Waals surface area contributed by atoms with Crippen LogP contribution in [0.3, 0.4) is 0 Å². The molecule has 2 aromatic rings. The van der Waals surface area contributed by atoms with Crippen LogP contribution in [-0.4, -0.2) is 58.3 Å². The van der Waals surface area contributed by atoms with Crippen molar-refractivity contribution in [3.63, 3.8) is 0 Å². The molecule has 1 aliphatic heterocycles. The predicted molar refractivity (Wildman–Crippen MR) is 105 cm³/mol. The Balaban J connectivity index is 2.08. The molecule has 2 aromatic heterocycles. The van der Waals surface area contributed by atoms with Crippen LogP contribution in [0.2, 0.25) is 0 Å². The lowest BCUT2D eigenvalue weighted by molar-refractivity contribution is 0.0364. The highest BCUT2D eigenvalue weighted by molar-refractivity contribution is 9.10. The van der Waals surface area contributed by atoms with Crippen molar-refractivity contribution in [3.8, 4) is 5.75 Å². The van der Waals surface area contributed by atoms with Gasteiger partial charge in [0.2, 0.25) is 0 Å². The van der Waals surface area contributed by atoms with Crippen molar-refractivity contribution in [2.24, 2.45) is 0 Å². The lowest BCUT2D eigenvalue weighted by atomic mass is 10.1. The number of amides is 1. The molecule has 0 spiro atoms. The van der Waals surface area contributed by atoms with Crippen LogP contribution >= 0.6 is 15.9 Å².